The highest BCUT2D eigenvalue weighted by Gasteiger charge is 2.22. The first-order chi connectivity index (χ1) is 7.01. The van der Waals surface area contributed by atoms with Gasteiger partial charge in [0, 0.05) is 10.5 Å². The molecule has 0 spiro atoms. The predicted molar refractivity (Wildman–Crippen MR) is 63.5 cm³/mol. The molecule has 1 aromatic rings. The van der Waals surface area contributed by atoms with E-state index in [2.05, 4.69) is 20.7 Å². The summed E-state index contributed by atoms with van der Waals surface area (Å²) in [6, 6.07) is 1.25. The molecule has 1 rings (SSSR count). The molecule has 0 saturated heterocycles. The largest absolute Gasteiger partial charge is 0.395 e. The third kappa shape index (κ3) is 3.25. The lowest BCUT2D eigenvalue weighted by Crippen LogP contribution is -2.36. The van der Waals surface area contributed by atoms with Gasteiger partial charge in [0.15, 0.2) is 0 Å². The lowest BCUT2D eigenvalue weighted by atomic mass is 10.3. The first kappa shape index (κ1) is 13.1. The van der Waals surface area contributed by atoms with Crippen LogP contribution in [0.5, 0.6) is 0 Å². The fourth-order valence-corrected chi connectivity index (χ4v) is 4.66. The Kier molecular flexibility index (Phi) is 4.72. The number of thiophene rings is 1. The zero-order valence-corrected chi connectivity index (χ0v) is 11.3. The van der Waals surface area contributed by atoms with Crippen molar-refractivity contribution in [2.24, 2.45) is 0 Å². The van der Waals surface area contributed by atoms with E-state index in [1.807, 2.05) is 6.92 Å². The van der Waals surface area contributed by atoms with Gasteiger partial charge in [-0.3, -0.25) is 0 Å². The van der Waals surface area contributed by atoms with Crippen molar-refractivity contribution in [3.8, 4) is 0 Å². The van der Waals surface area contributed by atoms with Crippen LogP contribution in [-0.2, 0) is 10.0 Å². The van der Waals surface area contributed by atoms with Gasteiger partial charge in [0.05, 0.1) is 6.61 Å². The van der Waals surface area contributed by atoms with Crippen LogP contribution in [0, 0.1) is 0 Å². The third-order valence-electron chi connectivity index (χ3n) is 1.86. The summed E-state index contributed by atoms with van der Waals surface area (Å²) < 4.78 is 26.8. The SMILES string of the molecule is CC[C@@H](CO)NS(=O)(=O)c1sccc1Br. The Hall–Kier alpha value is 0.0500. The van der Waals surface area contributed by atoms with Crippen molar-refractivity contribution in [1.29, 1.82) is 0 Å². The molecule has 1 heterocycles. The van der Waals surface area contributed by atoms with Gasteiger partial charge in [-0.15, -0.1) is 11.3 Å². The molecule has 4 nitrogen and oxygen atoms in total. The topological polar surface area (TPSA) is 66.4 Å². The molecule has 0 radical (unpaired) electrons. The number of nitrogens with one attached hydrogen (secondary N) is 1. The van der Waals surface area contributed by atoms with Crippen molar-refractivity contribution < 1.29 is 13.5 Å². The minimum absolute atomic E-state index is 0.196. The maximum atomic E-state index is 11.8. The van der Waals surface area contributed by atoms with E-state index in [-0.39, 0.29) is 10.8 Å². The third-order valence-corrected chi connectivity index (χ3v) is 6.05. The van der Waals surface area contributed by atoms with Crippen LogP contribution >= 0.6 is 27.3 Å². The van der Waals surface area contributed by atoms with Gasteiger partial charge in [0.25, 0.3) is 10.0 Å². The fraction of sp³-hybridized carbons (Fsp3) is 0.500. The molecule has 7 heteroatoms. The van der Waals surface area contributed by atoms with E-state index in [0.29, 0.717) is 10.9 Å². The maximum Gasteiger partial charge on any atom is 0.251 e. The van der Waals surface area contributed by atoms with Gasteiger partial charge in [0.1, 0.15) is 4.21 Å². The van der Waals surface area contributed by atoms with Crippen LogP contribution in [0.3, 0.4) is 0 Å². The molecule has 0 unspecified atom stereocenters. The molecular weight excluding hydrogens is 302 g/mol. The Morgan fingerprint density at radius 1 is 1.67 bits per heavy atom. The van der Waals surface area contributed by atoms with Crippen molar-refractivity contribution in [3.05, 3.63) is 15.9 Å². The second-order valence-electron chi connectivity index (χ2n) is 2.97. The number of rotatable bonds is 5. The summed E-state index contributed by atoms with van der Waals surface area (Å²) in [5.74, 6) is 0. The predicted octanol–water partition coefficient (Wildman–Crippen LogP) is 1.56. The quantitative estimate of drug-likeness (QED) is 0.867. The van der Waals surface area contributed by atoms with Crippen LogP contribution in [-0.4, -0.2) is 26.2 Å². The molecule has 0 aliphatic heterocycles. The Morgan fingerprint density at radius 2 is 2.33 bits per heavy atom. The number of aliphatic hydroxyl groups is 1. The molecule has 0 bridgehead atoms. The van der Waals surface area contributed by atoms with E-state index in [0.717, 1.165) is 11.3 Å². The van der Waals surface area contributed by atoms with E-state index in [4.69, 9.17) is 5.11 Å². The summed E-state index contributed by atoms with van der Waals surface area (Å²) in [6.07, 6.45) is 0.554. The Morgan fingerprint density at radius 3 is 2.73 bits per heavy atom. The van der Waals surface area contributed by atoms with Gasteiger partial charge in [-0.2, -0.15) is 0 Å². The van der Waals surface area contributed by atoms with E-state index < -0.39 is 16.1 Å². The van der Waals surface area contributed by atoms with Crippen LogP contribution in [0.1, 0.15) is 13.3 Å². The highest BCUT2D eigenvalue weighted by Crippen LogP contribution is 2.27. The standard InChI is InChI=1S/C8H12BrNO3S2/c1-2-6(5-11)10-15(12,13)8-7(9)3-4-14-8/h3-4,6,10-11H,2,5H2,1H3/t6-/m0/s1. The van der Waals surface area contributed by atoms with Crippen molar-refractivity contribution >= 4 is 37.3 Å². The van der Waals surface area contributed by atoms with Crippen LogP contribution in [0.25, 0.3) is 0 Å². The lowest BCUT2D eigenvalue weighted by Gasteiger charge is -2.13. The van der Waals surface area contributed by atoms with Gasteiger partial charge >= 0.3 is 0 Å². The van der Waals surface area contributed by atoms with Crippen LogP contribution in [0.15, 0.2) is 20.1 Å². The van der Waals surface area contributed by atoms with Crippen molar-refractivity contribution in [3.63, 3.8) is 0 Å². The minimum Gasteiger partial charge on any atom is -0.395 e. The molecule has 1 aromatic heterocycles. The van der Waals surface area contributed by atoms with Crippen LogP contribution < -0.4 is 4.72 Å². The molecule has 0 amide bonds. The average Bonchev–Trinajstić information content (AvgIpc) is 2.61. The van der Waals surface area contributed by atoms with Crippen LogP contribution in [0.2, 0.25) is 0 Å². The summed E-state index contributed by atoms with van der Waals surface area (Å²) in [4.78, 5) is 0. The number of aliphatic hydroxyl groups excluding tert-OH is 1. The molecule has 0 aliphatic carbocycles. The summed E-state index contributed by atoms with van der Waals surface area (Å²) in [5, 5.41) is 10.6. The summed E-state index contributed by atoms with van der Waals surface area (Å²) in [5.41, 5.74) is 0. The fourth-order valence-electron chi connectivity index (χ4n) is 0.994. The number of halogens is 1. The molecule has 0 saturated carbocycles. The van der Waals surface area contributed by atoms with Crippen molar-refractivity contribution in [1.82, 2.24) is 4.72 Å². The molecule has 0 fully saturated rings. The second kappa shape index (κ2) is 5.40. The van der Waals surface area contributed by atoms with Gasteiger partial charge in [0.2, 0.25) is 0 Å². The summed E-state index contributed by atoms with van der Waals surface area (Å²) in [7, 11) is -3.51. The van der Waals surface area contributed by atoms with Crippen LogP contribution in [0.4, 0.5) is 0 Å². The average molecular weight is 314 g/mol. The molecule has 86 valence electrons. The van der Waals surface area contributed by atoms with E-state index in [1.54, 1.807) is 11.4 Å². The Labute approximate surface area is 102 Å². The Bertz CT molecular complexity index is 411. The number of hydrogen-bond donors (Lipinski definition) is 2. The zero-order chi connectivity index (χ0) is 11.5. The molecule has 2 N–H and O–H groups in total. The number of sulfonamides is 1. The normalized spacial score (nSPS) is 14.1. The van der Waals surface area contributed by atoms with Crippen molar-refractivity contribution in [2.75, 3.05) is 6.61 Å². The van der Waals surface area contributed by atoms with E-state index in [9.17, 15) is 8.42 Å². The smallest absolute Gasteiger partial charge is 0.251 e. The van der Waals surface area contributed by atoms with Gasteiger partial charge in [-0.05, 0) is 33.8 Å². The van der Waals surface area contributed by atoms with Crippen molar-refractivity contribution in [2.45, 2.75) is 23.6 Å². The molecule has 1 atom stereocenters. The van der Waals surface area contributed by atoms with Gasteiger partial charge in [-0.1, -0.05) is 6.92 Å². The Balaban J connectivity index is 2.90. The molecule has 0 aliphatic rings. The first-order valence-electron chi connectivity index (χ1n) is 4.37. The second-order valence-corrected chi connectivity index (χ2v) is 6.64. The summed E-state index contributed by atoms with van der Waals surface area (Å²) in [6.45, 7) is 1.62. The minimum atomic E-state index is -3.51. The highest BCUT2D eigenvalue weighted by atomic mass is 79.9. The highest BCUT2D eigenvalue weighted by molar-refractivity contribution is 9.10. The maximum absolute atomic E-state index is 11.8. The molecular formula is C8H12BrNO3S2. The van der Waals surface area contributed by atoms with Gasteiger partial charge < -0.3 is 5.11 Å². The molecule has 0 aromatic carbocycles. The first-order valence-corrected chi connectivity index (χ1v) is 7.53. The number of hydrogen-bond acceptors (Lipinski definition) is 4. The monoisotopic (exact) mass is 313 g/mol. The van der Waals surface area contributed by atoms with E-state index >= 15 is 0 Å². The summed E-state index contributed by atoms with van der Waals surface area (Å²) >= 11 is 4.31. The zero-order valence-electron chi connectivity index (χ0n) is 8.10. The van der Waals surface area contributed by atoms with E-state index in [1.165, 1.54) is 0 Å². The molecule has 15 heavy (non-hydrogen) atoms. The lowest BCUT2D eigenvalue weighted by molar-refractivity contribution is 0.254. The van der Waals surface area contributed by atoms with Gasteiger partial charge in [-0.25, -0.2) is 13.1 Å².